The first kappa shape index (κ1) is 8.27. The molecule has 0 amide bonds. The molecule has 2 N–H and O–H groups in total. The maximum atomic E-state index is 9.30. The quantitative estimate of drug-likeness (QED) is 0.528. The van der Waals surface area contributed by atoms with E-state index in [1.54, 1.807) is 6.92 Å². The highest BCUT2D eigenvalue weighted by molar-refractivity contribution is 6.24. The van der Waals surface area contributed by atoms with Gasteiger partial charge in [0.05, 0.1) is 18.1 Å². The summed E-state index contributed by atoms with van der Waals surface area (Å²) in [5, 5.41) is 17.9. The minimum absolute atomic E-state index is 0.177. The van der Waals surface area contributed by atoms with Crippen molar-refractivity contribution in [1.82, 2.24) is 0 Å². The highest BCUT2D eigenvalue weighted by atomic mass is 35.5. The number of hydrogen-bond acceptors (Lipinski definition) is 3. The van der Waals surface area contributed by atoms with Crippen molar-refractivity contribution in [2.45, 2.75) is 24.0 Å². The largest absolute Gasteiger partial charge is 0.394 e. The zero-order valence-electron chi connectivity index (χ0n) is 5.75. The van der Waals surface area contributed by atoms with Crippen LogP contribution in [-0.2, 0) is 4.74 Å². The van der Waals surface area contributed by atoms with Crippen molar-refractivity contribution in [3.8, 4) is 0 Å². The molecule has 60 valence electrons. The Morgan fingerprint density at radius 1 is 1.80 bits per heavy atom. The van der Waals surface area contributed by atoms with Crippen LogP contribution in [0.1, 0.15) is 6.92 Å². The average molecular weight is 167 g/mol. The van der Waals surface area contributed by atoms with Crippen molar-refractivity contribution in [2.75, 3.05) is 13.2 Å². The molecular formula is C6H11ClO3. The van der Waals surface area contributed by atoms with E-state index in [1.807, 2.05) is 0 Å². The second-order valence-electron chi connectivity index (χ2n) is 2.75. The summed E-state index contributed by atoms with van der Waals surface area (Å²) in [4.78, 5) is -0.729. The second kappa shape index (κ2) is 2.66. The number of alkyl halides is 1. The molecule has 0 aromatic rings. The lowest BCUT2D eigenvalue weighted by molar-refractivity contribution is 0.00280. The summed E-state index contributed by atoms with van der Waals surface area (Å²) in [5.74, 6) is 0. The molecule has 0 aromatic carbocycles. The van der Waals surface area contributed by atoms with Crippen LogP contribution in [0.2, 0.25) is 0 Å². The summed E-state index contributed by atoms with van der Waals surface area (Å²) < 4.78 is 5.00. The number of aliphatic hydroxyl groups is 2. The summed E-state index contributed by atoms with van der Waals surface area (Å²) in [6.45, 7) is 1.80. The van der Waals surface area contributed by atoms with Crippen molar-refractivity contribution in [1.29, 1.82) is 0 Å². The van der Waals surface area contributed by atoms with E-state index in [2.05, 4.69) is 0 Å². The molecule has 1 saturated heterocycles. The Bertz CT molecular complexity index is 126. The van der Waals surface area contributed by atoms with Gasteiger partial charge in [0.25, 0.3) is 0 Å². The third kappa shape index (κ3) is 1.27. The van der Waals surface area contributed by atoms with Crippen LogP contribution in [-0.4, -0.2) is 40.5 Å². The molecule has 0 radical (unpaired) electrons. The van der Waals surface area contributed by atoms with E-state index in [-0.39, 0.29) is 6.61 Å². The fourth-order valence-electron chi connectivity index (χ4n) is 0.987. The molecule has 10 heavy (non-hydrogen) atoms. The maximum absolute atomic E-state index is 9.30. The van der Waals surface area contributed by atoms with Gasteiger partial charge in [-0.05, 0) is 6.92 Å². The Hall–Kier alpha value is 0.170. The number of rotatable bonds is 1. The van der Waals surface area contributed by atoms with Gasteiger partial charge in [-0.15, -0.1) is 11.6 Å². The molecule has 4 heteroatoms. The third-order valence-corrected chi connectivity index (χ3v) is 2.06. The van der Waals surface area contributed by atoms with Crippen molar-refractivity contribution in [3.05, 3.63) is 0 Å². The Morgan fingerprint density at radius 2 is 2.40 bits per heavy atom. The van der Waals surface area contributed by atoms with Gasteiger partial charge in [-0.25, -0.2) is 0 Å². The molecule has 3 nitrogen and oxygen atoms in total. The Morgan fingerprint density at radius 3 is 2.60 bits per heavy atom. The van der Waals surface area contributed by atoms with Gasteiger partial charge in [0, 0.05) is 0 Å². The predicted octanol–water partition coefficient (Wildman–Crippen LogP) is -0.264. The normalized spacial score (nSPS) is 48.0. The molecule has 0 bridgehead atoms. The molecule has 1 heterocycles. The van der Waals surface area contributed by atoms with Crippen LogP contribution in [0.15, 0.2) is 0 Å². The summed E-state index contributed by atoms with van der Waals surface area (Å²) >= 11 is 5.81. The Balaban J connectivity index is 2.58. The lowest BCUT2D eigenvalue weighted by atomic mass is 10.0. The average Bonchev–Trinajstić information content (AvgIpc) is 2.10. The van der Waals surface area contributed by atoms with E-state index >= 15 is 0 Å². The summed E-state index contributed by atoms with van der Waals surface area (Å²) in [5.41, 5.74) is 0. The van der Waals surface area contributed by atoms with Crippen molar-refractivity contribution in [3.63, 3.8) is 0 Å². The first-order valence-corrected chi connectivity index (χ1v) is 3.55. The van der Waals surface area contributed by atoms with Crippen LogP contribution in [0, 0.1) is 0 Å². The second-order valence-corrected chi connectivity index (χ2v) is 3.62. The van der Waals surface area contributed by atoms with Crippen molar-refractivity contribution >= 4 is 11.6 Å². The molecule has 1 rings (SSSR count). The lowest BCUT2D eigenvalue weighted by Gasteiger charge is -2.18. The first-order chi connectivity index (χ1) is 4.58. The maximum Gasteiger partial charge on any atom is 0.108 e. The number of hydrogen-bond donors (Lipinski definition) is 2. The number of halogens is 1. The molecule has 1 fully saturated rings. The molecule has 1 aliphatic rings. The lowest BCUT2D eigenvalue weighted by Crippen LogP contribution is -2.37. The Labute approximate surface area is 64.6 Å². The zero-order valence-corrected chi connectivity index (χ0v) is 6.51. The zero-order chi connectivity index (χ0) is 7.78. The number of ether oxygens (including phenoxy) is 1. The van der Waals surface area contributed by atoms with Crippen LogP contribution >= 0.6 is 11.6 Å². The molecule has 0 saturated carbocycles. The minimum atomic E-state index is -0.765. The summed E-state index contributed by atoms with van der Waals surface area (Å²) in [6.07, 6.45) is -1.28. The molecule has 1 aliphatic heterocycles. The monoisotopic (exact) mass is 166 g/mol. The van der Waals surface area contributed by atoms with Gasteiger partial charge in [-0.3, -0.25) is 0 Å². The predicted molar refractivity (Wildman–Crippen MR) is 37.1 cm³/mol. The van der Waals surface area contributed by atoms with Gasteiger partial charge in [0.2, 0.25) is 0 Å². The molecule has 0 spiro atoms. The fourth-order valence-corrected chi connectivity index (χ4v) is 1.19. The third-order valence-electron chi connectivity index (χ3n) is 1.73. The van der Waals surface area contributed by atoms with Gasteiger partial charge in [-0.2, -0.15) is 0 Å². The van der Waals surface area contributed by atoms with Crippen LogP contribution in [0.5, 0.6) is 0 Å². The topological polar surface area (TPSA) is 49.7 Å². The smallest absolute Gasteiger partial charge is 0.108 e. The van der Waals surface area contributed by atoms with Gasteiger partial charge in [-0.1, -0.05) is 0 Å². The molecule has 3 atom stereocenters. The van der Waals surface area contributed by atoms with Gasteiger partial charge < -0.3 is 14.9 Å². The van der Waals surface area contributed by atoms with Crippen LogP contribution < -0.4 is 0 Å². The van der Waals surface area contributed by atoms with E-state index in [0.29, 0.717) is 6.61 Å². The fraction of sp³-hybridized carbons (Fsp3) is 1.00. The standard InChI is InChI=1S/C6H11ClO3/c1-6(7)3-10-4(2-8)5(6)9/h4-5,8-9H,2-3H2,1H3/t4-,5-,6?/m1/s1. The Kier molecular flexibility index (Phi) is 2.20. The van der Waals surface area contributed by atoms with E-state index < -0.39 is 17.1 Å². The highest BCUT2D eigenvalue weighted by Crippen LogP contribution is 2.29. The molecular weight excluding hydrogens is 156 g/mol. The van der Waals surface area contributed by atoms with Gasteiger partial charge in [0.15, 0.2) is 0 Å². The molecule has 1 unspecified atom stereocenters. The van der Waals surface area contributed by atoms with Crippen LogP contribution in [0.25, 0.3) is 0 Å². The summed E-state index contributed by atoms with van der Waals surface area (Å²) in [7, 11) is 0. The van der Waals surface area contributed by atoms with Crippen LogP contribution in [0.4, 0.5) is 0 Å². The minimum Gasteiger partial charge on any atom is -0.394 e. The van der Waals surface area contributed by atoms with E-state index in [9.17, 15) is 5.11 Å². The van der Waals surface area contributed by atoms with Gasteiger partial charge in [0.1, 0.15) is 12.2 Å². The van der Waals surface area contributed by atoms with Gasteiger partial charge >= 0.3 is 0 Å². The van der Waals surface area contributed by atoms with E-state index in [1.165, 1.54) is 0 Å². The highest BCUT2D eigenvalue weighted by Gasteiger charge is 2.43. The molecule has 0 aliphatic carbocycles. The van der Waals surface area contributed by atoms with E-state index in [0.717, 1.165) is 0 Å². The SMILES string of the molecule is CC1(Cl)CO[C@H](CO)[C@H]1O. The van der Waals surface area contributed by atoms with E-state index in [4.69, 9.17) is 21.4 Å². The summed E-state index contributed by atoms with van der Waals surface area (Å²) in [6, 6.07) is 0. The van der Waals surface area contributed by atoms with Crippen molar-refractivity contribution in [2.24, 2.45) is 0 Å². The number of aliphatic hydroxyl groups excluding tert-OH is 2. The van der Waals surface area contributed by atoms with Crippen LogP contribution in [0.3, 0.4) is 0 Å². The van der Waals surface area contributed by atoms with Crippen molar-refractivity contribution < 1.29 is 14.9 Å². The molecule has 0 aromatic heterocycles. The first-order valence-electron chi connectivity index (χ1n) is 3.17.